The highest BCUT2D eigenvalue weighted by atomic mass is 16.5. The number of hydrogen-bond donors (Lipinski definition) is 1. The molecule has 1 rings (SSSR count). The molecule has 1 N–H and O–H groups in total. The van der Waals surface area contributed by atoms with Crippen LogP contribution in [-0.2, 0) is 4.74 Å². The maximum absolute atomic E-state index is 5.45. The average Bonchev–Trinajstić information content (AvgIpc) is 2.28. The van der Waals surface area contributed by atoms with E-state index < -0.39 is 0 Å². The lowest BCUT2D eigenvalue weighted by atomic mass is 9.70. The summed E-state index contributed by atoms with van der Waals surface area (Å²) in [6.45, 7) is 8.80. The summed E-state index contributed by atoms with van der Waals surface area (Å²) in [4.78, 5) is 0. The zero-order chi connectivity index (χ0) is 12.0. The van der Waals surface area contributed by atoms with Gasteiger partial charge in [-0.1, -0.05) is 40.0 Å². The number of rotatable bonds is 6. The van der Waals surface area contributed by atoms with Crippen LogP contribution in [0.4, 0.5) is 0 Å². The second kappa shape index (κ2) is 6.61. The van der Waals surface area contributed by atoms with Crippen LogP contribution < -0.4 is 5.32 Å². The quantitative estimate of drug-likeness (QED) is 0.752. The summed E-state index contributed by atoms with van der Waals surface area (Å²) < 4.78 is 5.45. The molecular weight excluding hydrogens is 198 g/mol. The molecule has 0 aromatic heterocycles. The van der Waals surface area contributed by atoms with Crippen LogP contribution in [0, 0.1) is 11.3 Å². The minimum absolute atomic E-state index is 0.319. The summed E-state index contributed by atoms with van der Waals surface area (Å²) in [6.07, 6.45) is 7.02. The van der Waals surface area contributed by atoms with Crippen molar-refractivity contribution in [2.75, 3.05) is 20.3 Å². The lowest BCUT2D eigenvalue weighted by Crippen LogP contribution is -2.44. The van der Waals surface area contributed by atoms with Crippen molar-refractivity contribution in [3.8, 4) is 0 Å². The minimum Gasteiger partial charge on any atom is -0.384 e. The first-order chi connectivity index (χ1) is 7.58. The molecule has 1 aliphatic carbocycles. The molecule has 1 atom stereocenters. The standard InChI is InChI=1S/C14H29NO/c1-12(2)15-10-14(3,11-16-4)13-8-6-5-7-9-13/h12-13,15H,5-11H2,1-4H3. The Bertz CT molecular complexity index is 187. The van der Waals surface area contributed by atoms with E-state index >= 15 is 0 Å². The van der Waals surface area contributed by atoms with Crippen molar-refractivity contribution in [1.29, 1.82) is 0 Å². The van der Waals surface area contributed by atoms with E-state index in [9.17, 15) is 0 Å². The molecule has 0 aromatic carbocycles. The highest BCUT2D eigenvalue weighted by Crippen LogP contribution is 2.38. The first-order valence-corrected chi connectivity index (χ1v) is 6.81. The largest absolute Gasteiger partial charge is 0.384 e. The van der Waals surface area contributed by atoms with Crippen LogP contribution in [0.3, 0.4) is 0 Å². The van der Waals surface area contributed by atoms with Gasteiger partial charge in [0.25, 0.3) is 0 Å². The zero-order valence-electron chi connectivity index (χ0n) is 11.5. The van der Waals surface area contributed by atoms with Crippen molar-refractivity contribution >= 4 is 0 Å². The maximum atomic E-state index is 5.45. The van der Waals surface area contributed by atoms with E-state index in [4.69, 9.17) is 4.74 Å². The van der Waals surface area contributed by atoms with Gasteiger partial charge in [0.2, 0.25) is 0 Å². The fraction of sp³-hybridized carbons (Fsp3) is 1.00. The summed E-state index contributed by atoms with van der Waals surface area (Å²) in [5.74, 6) is 0.840. The highest BCUT2D eigenvalue weighted by Gasteiger charge is 2.34. The highest BCUT2D eigenvalue weighted by molar-refractivity contribution is 4.86. The minimum atomic E-state index is 0.319. The number of methoxy groups -OCH3 is 1. The van der Waals surface area contributed by atoms with Gasteiger partial charge in [-0.25, -0.2) is 0 Å². The Morgan fingerprint density at radius 2 is 1.88 bits per heavy atom. The van der Waals surface area contributed by atoms with Gasteiger partial charge in [0.1, 0.15) is 0 Å². The zero-order valence-corrected chi connectivity index (χ0v) is 11.5. The lowest BCUT2D eigenvalue weighted by molar-refractivity contribution is 0.0281. The molecule has 1 unspecified atom stereocenters. The van der Waals surface area contributed by atoms with Crippen molar-refractivity contribution in [3.05, 3.63) is 0 Å². The fourth-order valence-electron chi connectivity index (χ4n) is 2.88. The monoisotopic (exact) mass is 227 g/mol. The first-order valence-electron chi connectivity index (χ1n) is 6.81. The van der Waals surface area contributed by atoms with Crippen LogP contribution >= 0.6 is 0 Å². The molecule has 16 heavy (non-hydrogen) atoms. The summed E-state index contributed by atoms with van der Waals surface area (Å²) in [7, 11) is 1.83. The Kier molecular flexibility index (Phi) is 5.77. The van der Waals surface area contributed by atoms with E-state index in [2.05, 4.69) is 26.1 Å². The molecule has 0 saturated heterocycles. The molecule has 0 radical (unpaired) electrons. The van der Waals surface area contributed by atoms with Gasteiger partial charge >= 0.3 is 0 Å². The van der Waals surface area contributed by atoms with Gasteiger partial charge < -0.3 is 10.1 Å². The molecule has 2 nitrogen and oxygen atoms in total. The predicted octanol–water partition coefficient (Wildman–Crippen LogP) is 3.22. The van der Waals surface area contributed by atoms with E-state index in [1.54, 1.807) is 0 Å². The topological polar surface area (TPSA) is 21.3 Å². The van der Waals surface area contributed by atoms with Crippen molar-refractivity contribution < 1.29 is 4.74 Å². The molecule has 0 heterocycles. The van der Waals surface area contributed by atoms with Gasteiger partial charge in [0, 0.05) is 25.1 Å². The van der Waals surface area contributed by atoms with E-state index in [1.165, 1.54) is 32.1 Å². The van der Waals surface area contributed by atoms with Gasteiger partial charge in [0.05, 0.1) is 6.61 Å². The van der Waals surface area contributed by atoms with Crippen molar-refractivity contribution in [2.45, 2.75) is 58.9 Å². The second-order valence-corrected chi connectivity index (χ2v) is 5.96. The third-order valence-corrected chi connectivity index (χ3v) is 3.98. The molecular formula is C14H29NO. The molecule has 0 bridgehead atoms. The Labute approximate surface area is 101 Å². The third-order valence-electron chi connectivity index (χ3n) is 3.98. The lowest BCUT2D eigenvalue weighted by Gasteiger charge is -2.40. The van der Waals surface area contributed by atoms with Crippen LogP contribution in [0.15, 0.2) is 0 Å². The summed E-state index contributed by atoms with van der Waals surface area (Å²) >= 11 is 0. The third kappa shape index (κ3) is 4.06. The van der Waals surface area contributed by atoms with Gasteiger partial charge in [-0.15, -0.1) is 0 Å². The van der Waals surface area contributed by atoms with E-state index in [0.29, 0.717) is 11.5 Å². The SMILES string of the molecule is COCC(C)(CNC(C)C)C1CCCCC1. The summed E-state index contributed by atoms with van der Waals surface area (Å²) in [5, 5.41) is 3.59. The van der Waals surface area contributed by atoms with Crippen LogP contribution in [-0.4, -0.2) is 26.3 Å². The van der Waals surface area contributed by atoms with Gasteiger partial charge in [0.15, 0.2) is 0 Å². The molecule has 1 fully saturated rings. The maximum Gasteiger partial charge on any atom is 0.0530 e. The number of hydrogen-bond acceptors (Lipinski definition) is 2. The Morgan fingerprint density at radius 3 is 2.38 bits per heavy atom. The van der Waals surface area contributed by atoms with Crippen LogP contribution in [0.2, 0.25) is 0 Å². The molecule has 0 amide bonds. The normalized spacial score (nSPS) is 22.3. The molecule has 0 spiro atoms. The molecule has 0 aromatic rings. The molecule has 1 aliphatic rings. The van der Waals surface area contributed by atoms with Gasteiger partial charge in [-0.2, -0.15) is 0 Å². The van der Waals surface area contributed by atoms with Crippen LogP contribution in [0.1, 0.15) is 52.9 Å². The summed E-state index contributed by atoms with van der Waals surface area (Å²) in [6, 6.07) is 0.569. The number of ether oxygens (including phenoxy) is 1. The van der Waals surface area contributed by atoms with E-state index in [0.717, 1.165) is 19.1 Å². The van der Waals surface area contributed by atoms with Crippen molar-refractivity contribution in [3.63, 3.8) is 0 Å². The predicted molar refractivity (Wildman–Crippen MR) is 69.7 cm³/mol. The van der Waals surface area contributed by atoms with Crippen molar-refractivity contribution in [2.24, 2.45) is 11.3 Å². The Hall–Kier alpha value is -0.0800. The first kappa shape index (κ1) is 14.0. The molecule has 2 heteroatoms. The molecule has 96 valence electrons. The van der Waals surface area contributed by atoms with Crippen LogP contribution in [0.25, 0.3) is 0 Å². The average molecular weight is 227 g/mol. The Morgan fingerprint density at radius 1 is 1.25 bits per heavy atom. The van der Waals surface area contributed by atoms with Gasteiger partial charge in [-0.3, -0.25) is 0 Å². The fourth-order valence-corrected chi connectivity index (χ4v) is 2.88. The van der Waals surface area contributed by atoms with E-state index in [1.807, 2.05) is 7.11 Å². The molecule has 1 saturated carbocycles. The smallest absolute Gasteiger partial charge is 0.0530 e. The van der Waals surface area contributed by atoms with Gasteiger partial charge in [-0.05, 0) is 18.8 Å². The van der Waals surface area contributed by atoms with Crippen molar-refractivity contribution in [1.82, 2.24) is 5.32 Å². The second-order valence-electron chi connectivity index (χ2n) is 5.96. The summed E-state index contributed by atoms with van der Waals surface area (Å²) in [5.41, 5.74) is 0.319. The van der Waals surface area contributed by atoms with Crippen LogP contribution in [0.5, 0.6) is 0 Å². The van der Waals surface area contributed by atoms with E-state index in [-0.39, 0.29) is 0 Å². The molecule has 0 aliphatic heterocycles. The number of nitrogens with one attached hydrogen (secondary N) is 1. The Balaban J connectivity index is 2.54.